The van der Waals surface area contributed by atoms with Crippen LogP contribution in [-0.4, -0.2) is 17.9 Å². The molecule has 14 heavy (non-hydrogen) atoms. The SMILES string of the molecule is CC(C)CC(=O)N(C)c1cccnc1. The number of aromatic nitrogens is 1. The van der Waals surface area contributed by atoms with E-state index in [-0.39, 0.29) is 5.91 Å². The number of anilines is 1. The van der Waals surface area contributed by atoms with E-state index in [9.17, 15) is 4.79 Å². The topological polar surface area (TPSA) is 33.2 Å². The van der Waals surface area contributed by atoms with Crippen molar-refractivity contribution in [3.05, 3.63) is 24.5 Å². The standard InChI is InChI=1S/C11H16N2O/c1-9(2)7-11(14)13(3)10-5-4-6-12-8-10/h4-6,8-9H,7H2,1-3H3. The molecule has 0 fully saturated rings. The maximum Gasteiger partial charge on any atom is 0.227 e. The summed E-state index contributed by atoms with van der Waals surface area (Å²) >= 11 is 0. The van der Waals surface area contributed by atoms with Gasteiger partial charge in [-0.15, -0.1) is 0 Å². The predicted molar refractivity (Wildman–Crippen MR) is 57.1 cm³/mol. The Morgan fingerprint density at radius 2 is 2.29 bits per heavy atom. The fourth-order valence-electron chi connectivity index (χ4n) is 1.18. The van der Waals surface area contributed by atoms with Gasteiger partial charge in [-0.2, -0.15) is 0 Å². The van der Waals surface area contributed by atoms with Crippen LogP contribution in [0.3, 0.4) is 0 Å². The number of hydrogen-bond donors (Lipinski definition) is 0. The minimum absolute atomic E-state index is 0.132. The molecule has 0 saturated heterocycles. The number of rotatable bonds is 3. The van der Waals surface area contributed by atoms with Crippen molar-refractivity contribution in [1.82, 2.24) is 4.98 Å². The zero-order valence-electron chi connectivity index (χ0n) is 8.90. The number of carbonyl (C=O) groups is 1. The third kappa shape index (κ3) is 2.83. The van der Waals surface area contributed by atoms with E-state index in [1.54, 1.807) is 24.3 Å². The summed E-state index contributed by atoms with van der Waals surface area (Å²) in [4.78, 5) is 17.3. The molecule has 76 valence electrons. The van der Waals surface area contributed by atoms with Crippen LogP contribution in [0, 0.1) is 5.92 Å². The molecule has 0 spiro atoms. The van der Waals surface area contributed by atoms with Crippen LogP contribution in [0.1, 0.15) is 20.3 Å². The molecule has 1 aromatic heterocycles. The zero-order chi connectivity index (χ0) is 10.6. The predicted octanol–water partition coefficient (Wildman–Crippen LogP) is 2.09. The summed E-state index contributed by atoms with van der Waals surface area (Å²) < 4.78 is 0. The molecular formula is C11H16N2O. The van der Waals surface area contributed by atoms with Crippen molar-refractivity contribution in [2.24, 2.45) is 5.92 Å². The number of amides is 1. The fraction of sp³-hybridized carbons (Fsp3) is 0.455. The van der Waals surface area contributed by atoms with Gasteiger partial charge in [-0.1, -0.05) is 13.8 Å². The highest BCUT2D eigenvalue weighted by Crippen LogP contribution is 2.12. The first kappa shape index (κ1) is 10.7. The van der Waals surface area contributed by atoms with Gasteiger partial charge in [-0.3, -0.25) is 9.78 Å². The summed E-state index contributed by atoms with van der Waals surface area (Å²) in [6.45, 7) is 4.07. The van der Waals surface area contributed by atoms with Crippen LogP contribution in [0.4, 0.5) is 5.69 Å². The van der Waals surface area contributed by atoms with E-state index in [0.29, 0.717) is 12.3 Å². The lowest BCUT2D eigenvalue weighted by molar-refractivity contribution is -0.119. The van der Waals surface area contributed by atoms with E-state index < -0.39 is 0 Å². The van der Waals surface area contributed by atoms with Crippen molar-refractivity contribution in [3.63, 3.8) is 0 Å². The van der Waals surface area contributed by atoms with Crippen LogP contribution >= 0.6 is 0 Å². The Morgan fingerprint density at radius 3 is 2.79 bits per heavy atom. The molecule has 0 bridgehead atoms. The van der Waals surface area contributed by atoms with E-state index in [0.717, 1.165) is 5.69 Å². The number of pyridine rings is 1. The highest BCUT2D eigenvalue weighted by molar-refractivity contribution is 5.92. The molecule has 0 aliphatic rings. The van der Waals surface area contributed by atoms with Crippen molar-refractivity contribution >= 4 is 11.6 Å². The maximum atomic E-state index is 11.7. The van der Waals surface area contributed by atoms with Crippen LogP contribution in [0.15, 0.2) is 24.5 Å². The molecule has 1 aromatic rings. The maximum absolute atomic E-state index is 11.7. The molecule has 0 N–H and O–H groups in total. The van der Waals surface area contributed by atoms with Gasteiger partial charge >= 0.3 is 0 Å². The van der Waals surface area contributed by atoms with Gasteiger partial charge in [-0.05, 0) is 18.1 Å². The van der Waals surface area contributed by atoms with Crippen LogP contribution < -0.4 is 4.90 Å². The molecule has 0 aliphatic heterocycles. The molecule has 3 nitrogen and oxygen atoms in total. The van der Waals surface area contributed by atoms with Gasteiger partial charge in [0.05, 0.1) is 11.9 Å². The van der Waals surface area contributed by atoms with E-state index in [1.165, 1.54) is 0 Å². The molecule has 1 heterocycles. The van der Waals surface area contributed by atoms with E-state index in [4.69, 9.17) is 0 Å². The monoisotopic (exact) mass is 192 g/mol. The first-order valence-electron chi connectivity index (χ1n) is 4.78. The zero-order valence-corrected chi connectivity index (χ0v) is 8.90. The van der Waals surface area contributed by atoms with Gasteiger partial charge in [0.1, 0.15) is 0 Å². The summed E-state index contributed by atoms with van der Waals surface area (Å²) in [6.07, 6.45) is 3.97. The van der Waals surface area contributed by atoms with Crippen molar-refractivity contribution in [1.29, 1.82) is 0 Å². The van der Waals surface area contributed by atoms with Crippen molar-refractivity contribution in [3.8, 4) is 0 Å². The third-order valence-corrected chi connectivity index (χ3v) is 1.99. The highest BCUT2D eigenvalue weighted by Gasteiger charge is 2.11. The van der Waals surface area contributed by atoms with Gasteiger partial charge in [0.25, 0.3) is 0 Å². The first-order valence-corrected chi connectivity index (χ1v) is 4.78. The second kappa shape index (κ2) is 4.74. The lowest BCUT2D eigenvalue weighted by Crippen LogP contribution is -2.27. The summed E-state index contributed by atoms with van der Waals surface area (Å²) in [6, 6.07) is 3.71. The quantitative estimate of drug-likeness (QED) is 0.734. The second-order valence-corrected chi connectivity index (χ2v) is 3.76. The number of hydrogen-bond acceptors (Lipinski definition) is 2. The Kier molecular flexibility index (Phi) is 3.63. The molecule has 0 radical (unpaired) electrons. The lowest BCUT2D eigenvalue weighted by Gasteiger charge is -2.17. The minimum atomic E-state index is 0.132. The Bertz CT molecular complexity index is 295. The summed E-state index contributed by atoms with van der Waals surface area (Å²) in [5.74, 6) is 0.523. The van der Waals surface area contributed by atoms with E-state index in [2.05, 4.69) is 4.98 Å². The van der Waals surface area contributed by atoms with Crippen LogP contribution in [0.2, 0.25) is 0 Å². The minimum Gasteiger partial charge on any atom is -0.314 e. The number of nitrogens with zero attached hydrogens (tertiary/aromatic N) is 2. The Hall–Kier alpha value is -1.38. The van der Waals surface area contributed by atoms with Gasteiger partial charge < -0.3 is 4.90 Å². The molecule has 0 atom stereocenters. The van der Waals surface area contributed by atoms with Gasteiger partial charge in [-0.25, -0.2) is 0 Å². The second-order valence-electron chi connectivity index (χ2n) is 3.76. The molecule has 0 aromatic carbocycles. The molecule has 3 heteroatoms. The molecule has 0 saturated carbocycles. The molecule has 1 rings (SSSR count). The Labute approximate surface area is 84.8 Å². The van der Waals surface area contributed by atoms with Gasteiger partial charge in [0, 0.05) is 19.7 Å². The molecule has 1 amide bonds. The Balaban J connectivity index is 2.66. The van der Waals surface area contributed by atoms with Crippen LogP contribution in [0.5, 0.6) is 0 Å². The first-order chi connectivity index (χ1) is 6.61. The number of carbonyl (C=O) groups excluding carboxylic acids is 1. The van der Waals surface area contributed by atoms with Crippen molar-refractivity contribution < 1.29 is 4.79 Å². The smallest absolute Gasteiger partial charge is 0.227 e. The fourth-order valence-corrected chi connectivity index (χ4v) is 1.18. The molecule has 0 unspecified atom stereocenters. The molecule has 0 aliphatic carbocycles. The van der Waals surface area contributed by atoms with Gasteiger partial charge in [0.15, 0.2) is 0 Å². The van der Waals surface area contributed by atoms with E-state index >= 15 is 0 Å². The van der Waals surface area contributed by atoms with Crippen LogP contribution in [0.25, 0.3) is 0 Å². The average molecular weight is 192 g/mol. The average Bonchev–Trinajstić information content (AvgIpc) is 2.17. The third-order valence-electron chi connectivity index (χ3n) is 1.99. The van der Waals surface area contributed by atoms with E-state index in [1.807, 2.05) is 26.0 Å². The van der Waals surface area contributed by atoms with Crippen LogP contribution in [-0.2, 0) is 4.79 Å². The van der Waals surface area contributed by atoms with Gasteiger partial charge in [0.2, 0.25) is 5.91 Å². The lowest BCUT2D eigenvalue weighted by atomic mass is 10.1. The highest BCUT2D eigenvalue weighted by atomic mass is 16.2. The largest absolute Gasteiger partial charge is 0.314 e. The summed E-state index contributed by atoms with van der Waals surface area (Å²) in [7, 11) is 1.78. The summed E-state index contributed by atoms with van der Waals surface area (Å²) in [5.41, 5.74) is 0.846. The van der Waals surface area contributed by atoms with Crippen molar-refractivity contribution in [2.45, 2.75) is 20.3 Å². The molecular weight excluding hydrogens is 176 g/mol. The summed E-state index contributed by atoms with van der Waals surface area (Å²) in [5, 5.41) is 0. The van der Waals surface area contributed by atoms with Crippen molar-refractivity contribution in [2.75, 3.05) is 11.9 Å². The Morgan fingerprint density at radius 1 is 1.57 bits per heavy atom. The normalized spacial score (nSPS) is 10.3.